The van der Waals surface area contributed by atoms with Crippen LogP contribution < -0.4 is 5.32 Å². The second kappa shape index (κ2) is 6.53. The summed E-state index contributed by atoms with van der Waals surface area (Å²) in [6.45, 7) is 5.72. The van der Waals surface area contributed by atoms with E-state index in [9.17, 15) is 9.90 Å². The Labute approximate surface area is 110 Å². The maximum atomic E-state index is 12.2. The summed E-state index contributed by atoms with van der Waals surface area (Å²) in [6.07, 6.45) is 4.57. The van der Waals surface area contributed by atoms with Crippen molar-refractivity contribution >= 4 is 5.91 Å². The molecule has 1 amide bonds. The van der Waals surface area contributed by atoms with Gasteiger partial charge in [0, 0.05) is 19.5 Å². The van der Waals surface area contributed by atoms with Crippen LogP contribution in [0.3, 0.4) is 0 Å². The minimum atomic E-state index is -0.311. The first-order valence-electron chi connectivity index (χ1n) is 7.33. The molecule has 3 unspecified atom stereocenters. The van der Waals surface area contributed by atoms with Gasteiger partial charge in [-0.05, 0) is 50.6 Å². The number of likely N-dealkylation sites (tertiary alicyclic amines) is 1. The number of β-amino-alcohol motifs (C(OH)–C–C–N with tert-alkyl or cyclic N) is 1. The first-order chi connectivity index (χ1) is 8.66. The number of hydrogen-bond donors (Lipinski definition) is 2. The molecule has 2 saturated heterocycles. The lowest BCUT2D eigenvalue weighted by Gasteiger charge is -2.33. The number of hydrogen-bond acceptors (Lipinski definition) is 3. The molecule has 4 nitrogen and oxygen atoms in total. The largest absolute Gasteiger partial charge is 0.391 e. The zero-order valence-corrected chi connectivity index (χ0v) is 11.4. The maximum Gasteiger partial charge on any atom is 0.222 e. The Hall–Kier alpha value is -0.610. The molecule has 2 aliphatic rings. The second-order valence-electron chi connectivity index (χ2n) is 5.92. The highest BCUT2D eigenvalue weighted by atomic mass is 16.3. The number of rotatable bonds is 3. The summed E-state index contributed by atoms with van der Waals surface area (Å²) in [4.78, 5) is 14.0. The van der Waals surface area contributed by atoms with Gasteiger partial charge in [0.05, 0.1) is 6.10 Å². The molecule has 3 atom stereocenters. The number of aliphatic hydroxyl groups excluding tert-OH is 1. The highest BCUT2D eigenvalue weighted by Crippen LogP contribution is 2.24. The van der Waals surface area contributed by atoms with Crippen molar-refractivity contribution < 1.29 is 9.90 Å². The van der Waals surface area contributed by atoms with E-state index in [2.05, 4.69) is 12.2 Å². The quantitative estimate of drug-likeness (QED) is 0.790. The summed E-state index contributed by atoms with van der Waals surface area (Å²) >= 11 is 0. The Bertz CT molecular complexity index is 277. The maximum absolute atomic E-state index is 12.2. The van der Waals surface area contributed by atoms with Crippen molar-refractivity contribution in [1.82, 2.24) is 10.2 Å². The van der Waals surface area contributed by atoms with Crippen LogP contribution >= 0.6 is 0 Å². The lowest BCUT2D eigenvalue weighted by molar-refractivity contribution is -0.135. The fraction of sp³-hybridized carbons (Fsp3) is 0.929. The van der Waals surface area contributed by atoms with E-state index >= 15 is 0 Å². The van der Waals surface area contributed by atoms with E-state index in [1.54, 1.807) is 0 Å². The van der Waals surface area contributed by atoms with Crippen molar-refractivity contribution in [3.05, 3.63) is 0 Å². The number of nitrogens with zero attached hydrogens (tertiary/aromatic N) is 1. The lowest BCUT2D eigenvalue weighted by atomic mass is 9.85. The number of piperidine rings is 2. The Morgan fingerprint density at radius 2 is 2.28 bits per heavy atom. The van der Waals surface area contributed by atoms with E-state index in [0.29, 0.717) is 24.8 Å². The molecule has 0 radical (unpaired) electrons. The zero-order valence-electron chi connectivity index (χ0n) is 11.4. The van der Waals surface area contributed by atoms with E-state index in [1.165, 1.54) is 12.8 Å². The van der Waals surface area contributed by atoms with Gasteiger partial charge in [0.25, 0.3) is 0 Å². The van der Waals surface area contributed by atoms with E-state index in [0.717, 1.165) is 32.5 Å². The van der Waals surface area contributed by atoms with Crippen LogP contribution in [0.25, 0.3) is 0 Å². The fourth-order valence-corrected chi connectivity index (χ4v) is 3.12. The zero-order chi connectivity index (χ0) is 13.0. The number of nitrogens with one attached hydrogen (secondary N) is 1. The van der Waals surface area contributed by atoms with Gasteiger partial charge >= 0.3 is 0 Å². The molecule has 104 valence electrons. The third kappa shape index (κ3) is 3.69. The van der Waals surface area contributed by atoms with Crippen molar-refractivity contribution in [1.29, 1.82) is 0 Å². The van der Waals surface area contributed by atoms with Gasteiger partial charge in [-0.15, -0.1) is 0 Å². The SMILES string of the molecule is CC(CC(=O)N1CCCC(O)C1)C1CCCNC1. The lowest BCUT2D eigenvalue weighted by Crippen LogP contribution is -2.43. The summed E-state index contributed by atoms with van der Waals surface area (Å²) < 4.78 is 0. The molecule has 0 saturated carbocycles. The topological polar surface area (TPSA) is 52.6 Å². The van der Waals surface area contributed by atoms with Crippen LogP contribution in [0.15, 0.2) is 0 Å². The second-order valence-corrected chi connectivity index (χ2v) is 5.92. The predicted octanol–water partition coefficient (Wildman–Crippen LogP) is 0.996. The minimum Gasteiger partial charge on any atom is -0.391 e. The molecule has 2 rings (SSSR count). The van der Waals surface area contributed by atoms with Gasteiger partial charge in [0.15, 0.2) is 0 Å². The monoisotopic (exact) mass is 254 g/mol. The molecular weight excluding hydrogens is 228 g/mol. The van der Waals surface area contributed by atoms with Gasteiger partial charge in [-0.1, -0.05) is 6.92 Å². The molecule has 0 spiro atoms. The number of amides is 1. The molecule has 0 aromatic heterocycles. The Morgan fingerprint density at radius 1 is 1.44 bits per heavy atom. The van der Waals surface area contributed by atoms with Crippen molar-refractivity contribution in [2.75, 3.05) is 26.2 Å². The van der Waals surface area contributed by atoms with Crippen molar-refractivity contribution in [3.63, 3.8) is 0 Å². The molecule has 2 aliphatic heterocycles. The fourth-order valence-electron chi connectivity index (χ4n) is 3.12. The summed E-state index contributed by atoms with van der Waals surface area (Å²) in [5, 5.41) is 13.0. The van der Waals surface area contributed by atoms with Gasteiger partial charge in [0.2, 0.25) is 5.91 Å². The molecule has 0 aromatic carbocycles. The summed E-state index contributed by atoms with van der Waals surface area (Å²) in [5.41, 5.74) is 0. The van der Waals surface area contributed by atoms with Gasteiger partial charge in [-0.2, -0.15) is 0 Å². The molecule has 0 aliphatic carbocycles. The predicted molar refractivity (Wildman–Crippen MR) is 71.2 cm³/mol. The third-order valence-corrected chi connectivity index (χ3v) is 4.39. The van der Waals surface area contributed by atoms with Crippen LogP contribution in [0, 0.1) is 11.8 Å². The average Bonchev–Trinajstić information content (AvgIpc) is 2.39. The molecule has 4 heteroatoms. The molecule has 2 heterocycles. The van der Waals surface area contributed by atoms with Crippen LogP contribution in [0.2, 0.25) is 0 Å². The number of carbonyl (C=O) groups is 1. The normalized spacial score (nSPS) is 31.1. The van der Waals surface area contributed by atoms with Crippen LogP contribution in [-0.2, 0) is 4.79 Å². The highest BCUT2D eigenvalue weighted by molar-refractivity contribution is 5.76. The summed E-state index contributed by atoms with van der Waals surface area (Å²) in [5.74, 6) is 1.31. The van der Waals surface area contributed by atoms with E-state index < -0.39 is 0 Å². The van der Waals surface area contributed by atoms with Gasteiger partial charge < -0.3 is 15.3 Å². The Morgan fingerprint density at radius 3 is 2.94 bits per heavy atom. The molecular formula is C14H26N2O2. The molecule has 2 fully saturated rings. The minimum absolute atomic E-state index is 0.229. The standard InChI is InChI=1S/C14H26N2O2/c1-11(12-4-2-6-15-9-12)8-14(18)16-7-3-5-13(17)10-16/h11-13,15,17H,2-10H2,1H3. The molecule has 2 N–H and O–H groups in total. The average molecular weight is 254 g/mol. The smallest absolute Gasteiger partial charge is 0.222 e. The van der Waals surface area contributed by atoms with E-state index in [4.69, 9.17) is 0 Å². The molecule has 0 aromatic rings. The first-order valence-corrected chi connectivity index (χ1v) is 7.33. The first kappa shape index (κ1) is 13.8. The third-order valence-electron chi connectivity index (χ3n) is 4.39. The Balaban J connectivity index is 1.78. The van der Waals surface area contributed by atoms with Crippen LogP contribution in [0.4, 0.5) is 0 Å². The van der Waals surface area contributed by atoms with Crippen LogP contribution in [-0.4, -0.2) is 48.2 Å². The van der Waals surface area contributed by atoms with Crippen molar-refractivity contribution in [2.45, 2.75) is 45.1 Å². The number of aliphatic hydroxyl groups is 1. The highest BCUT2D eigenvalue weighted by Gasteiger charge is 2.26. The van der Waals surface area contributed by atoms with Crippen LogP contribution in [0.1, 0.15) is 39.0 Å². The van der Waals surface area contributed by atoms with Gasteiger partial charge in [0.1, 0.15) is 0 Å². The van der Waals surface area contributed by atoms with Crippen LogP contribution in [0.5, 0.6) is 0 Å². The van der Waals surface area contributed by atoms with Gasteiger partial charge in [-0.25, -0.2) is 0 Å². The van der Waals surface area contributed by atoms with E-state index in [-0.39, 0.29) is 12.0 Å². The molecule has 18 heavy (non-hydrogen) atoms. The van der Waals surface area contributed by atoms with Crippen molar-refractivity contribution in [2.24, 2.45) is 11.8 Å². The summed E-state index contributed by atoms with van der Waals surface area (Å²) in [6, 6.07) is 0. The molecule has 0 bridgehead atoms. The number of carbonyl (C=O) groups excluding carboxylic acids is 1. The van der Waals surface area contributed by atoms with E-state index in [1.807, 2.05) is 4.90 Å². The van der Waals surface area contributed by atoms with Crippen molar-refractivity contribution in [3.8, 4) is 0 Å². The Kier molecular flexibility index (Phi) is 5.01. The van der Waals surface area contributed by atoms with Gasteiger partial charge in [-0.3, -0.25) is 4.79 Å². The summed E-state index contributed by atoms with van der Waals surface area (Å²) in [7, 11) is 0.